The second-order valence-corrected chi connectivity index (χ2v) is 5.46. The third-order valence-electron chi connectivity index (χ3n) is 3.75. The maximum Gasteiger partial charge on any atom is 0.277 e. The fourth-order valence-electron chi connectivity index (χ4n) is 2.48. The topological polar surface area (TPSA) is 80.2 Å². The second kappa shape index (κ2) is 8.02. The fraction of sp³-hybridized carbons (Fsp3) is 0.100. The van der Waals surface area contributed by atoms with E-state index in [1.165, 1.54) is 13.3 Å². The molecule has 3 aromatic rings. The van der Waals surface area contributed by atoms with Gasteiger partial charge in [-0.2, -0.15) is 5.10 Å². The van der Waals surface area contributed by atoms with Crippen LogP contribution in [0.4, 0.5) is 0 Å². The molecule has 0 unspecified atom stereocenters. The number of ether oxygens (including phenoxy) is 2. The zero-order chi connectivity index (χ0) is 18.4. The number of carbonyl (C=O) groups excluding carboxylic acids is 1. The van der Waals surface area contributed by atoms with Gasteiger partial charge in [-0.25, -0.2) is 5.43 Å². The molecule has 2 N–H and O–H groups in total. The molecule has 1 amide bonds. The molecule has 6 heteroatoms. The Labute approximate surface area is 150 Å². The van der Waals surface area contributed by atoms with Crippen molar-refractivity contribution in [2.24, 2.45) is 5.10 Å². The molecule has 0 bridgehead atoms. The number of hydrogen-bond acceptors (Lipinski definition) is 5. The van der Waals surface area contributed by atoms with Crippen LogP contribution in [0.3, 0.4) is 0 Å². The number of hydrazone groups is 1. The highest BCUT2D eigenvalue weighted by molar-refractivity contribution is 5.89. The summed E-state index contributed by atoms with van der Waals surface area (Å²) >= 11 is 0. The van der Waals surface area contributed by atoms with Crippen LogP contribution < -0.4 is 14.9 Å². The zero-order valence-electron chi connectivity index (χ0n) is 14.2. The lowest BCUT2D eigenvalue weighted by atomic mass is 10.1. The number of aromatic hydroxyl groups is 1. The average molecular weight is 350 g/mol. The van der Waals surface area contributed by atoms with Crippen LogP contribution in [0.25, 0.3) is 10.8 Å². The highest BCUT2D eigenvalue weighted by Gasteiger charge is 2.06. The van der Waals surface area contributed by atoms with Gasteiger partial charge in [0, 0.05) is 10.9 Å². The number of nitrogens with one attached hydrogen (secondary N) is 1. The molecule has 0 saturated carbocycles. The summed E-state index contributed by atoms with van der Waals surface area (Å²) in [6.07, 6.45) is 1.34. The first-order chi connectivity index (χ1) is 12.7. The molecular weight excluding hydrogens is 332 g/mol. The van der Waals surface area contributed by atoms with Crippen LogP contribution in [0.2, 0.25) is 0 Å². The van der Waals surface area contributed by atoms with Gasteiger partial charge < -0.3 is 14.6 Å². The number of hydrogen-bond donors (Lipinski definition) is 2. The molecule has 3 rings (SSSR count). The Morgan fingerprint density at radius 1 is 1.08 bits per heavy atom. The summed E-state index contributed by atoms with van der Waals surface area (Å²) in [5, 5.41) is 15.8. The van der Waals surface area contributed by atoms with Gasteiger partial charge in [-0.05, 0) is 23.6 Å². The number of benzene rings is 3. The minimum atomic E-state index is -0.406. The molecule has 0 saturated heterocycles. The lowest BCUT2D eigenvalue weighted by molar-refractivity contribution is -0.123. The van der Waals surface area contributed by atoms with Crippen LogP contribution in [0, 0.1) is 0 Å². The van der Waals surface area contributed by atoms with Gasteiger partial charge in [0.15, 0.2) is 18.1 Å². The Morgan fingerprint density at radius 3 is 2.65 bits per heavy atom. The highest BCUT2D eigenvalue weighted by Crippen LogP contribution is 2.28. The lowest BCUT2D eigenvalue weighted by Gasteiger charge is -2.08. The maximum atomic E-state index is 11.9. The minimum Gasteiger partial charge on any atom is -0.504 e. The monoisotopic (exact) mass is 350 g/mol. The van der Waals surface area contributed by atoms with Crippen molar-refractivity contribution < 1.29 is 19.4 Å². The van der Waals surface area contributed by atoms with E-state index in [4.69, 9.17) is 9.47 Å². The minimum absolute atomic E-state index is 0.0417. The molecule has 0 radical (unpaired) electrons. The van der Waals surface area contributed by atoms with Gasteiger partial charge in [-0.1, -0.05) is 42.5 Å². The molecule has 26 heavy (non-hydrogen) atoms. The van der Waals surface area contributed by atoms with E-state index in [1.807, 2.05) is 42.5 Å². The predicted molar refractivity (Wildman–Crippen MR) is 99.8 cm³/mol. The lowest BCUT2D eigenvalue weighted by Crippen LogP contribution is -2.24. The number of methoxy groups -OCH3 is 1. The SMILES string of the molecule is COc1cccc(C=NNC(=O)COc2cccc3ccccc23)c1O. The van der Waals surface area contributed by atoms with Crippen LogP contribution in [0.5, 0.6) is 17.2 Å². The van der Waals surface area contributed by atoms with E-state index in [-0.39, 0.29) is 12.4 Å². The summed E-state index contributed by atoms with van der Waals surface area (Å²) in [7, 11) is 1.46. The van der Waals surface area contributed by atoms with Crippen LogP contribution >= 0.6 is 0 Å². The van der Waals surface area contributed by atoms with E-state index < -0.39 is 5.91 Å². The van der Waals surface area contributed by atoms with Crippen LogP contribution in [-0.4, -0.2) is 30.9 Å². The maximum absolute atomic E-state index is 11.9. The van der Waals surface area contributed by atoms with Crippen molar-refractivity contribution in [1.82, 2.24) is 5.43 Å². The molecule has 0 aromatic heterocycles. The second-order valence-electron chi connectivity index (χ2n) is 5.46. The van der Waals surface area contributed by atoms with Crippen LogP contribution in [-0.2, 0) is 4.79 Å². The summed E-state index contributed by atoms with van der Waals surface area (Å²) in [5.41, 5.74) is 2.80. The van der Waals surface area contributed by atoms with Crippen LogP contribution in [0.1, 0.15) is 5.56 Å². The molecule has 0 heterocycles. The van der Waals surface area contributed by atoms with Gasteiger partial charge in [-0.3, -0.25) is 4.79 Å². The first-order valence-electron chi connectivity index (χ1n) is 7.97. The molecule has 6 nitrogen and oxygen atoms in total. The van der Waals surface area contributed by atoms with Gasteiger partial charge >= 0.3 is 0 Å². The zero-order valence-corrected chi connectivity index (χ0v) is 14.2. The number of para-hydroxylation sites is 1. The summed E-state index contributed by atoms with van der Waals surface area (Å²) in [5.74, 6) is 0.517. The summed E-state index contributed by atoms with van der Waals surface area (Å²) in [6, 6.07) is 18.4. The Balaban J connectivity index is 1.59. The molecule has 0 spiro atoms. The Hall–Kier alpha value is -3.54. The van der Waals surface area contributed by atoms with Crippen molar-refractivity contribution in [3.8, 4) is 17.2 Å². The molecule has 0 aliphatic heterocycles. The van der Waals surface area contributed by atoms with Gasteiger partial charge in [0.2, 0.25) is 0 Å². The van der Waals surface area contributed by atoms with Crippen LogP contribution in [0.15, 0.2) is 65.8 Å². The number of nitrogens with zero attached hydrogens (tertiary/aromatic N) is 1. The van der Waals surface area contributed by atoms with Gasteiger partial charge in [0.05, 0.1) is 13.3 Å². The van der Waals surface area contributed by atoms with Crippen molar-refractivity contribution in [2.45, 2.75) is 0 Å². The standard InChI is InChI=1S/C20H18N2O4/c1-25-18-11-5-8-15(20(18)24)12-21-22-19(23)13-26-17-10-4-7-14-6-2-3-9-16(14)17/h2-12,24H,13H2,1H3,(H,22,23). The first-order valence-corrected chi connectivity index (χ1v) is 7.97. The normalized spacial score (nSPS) is 10.8. The quantitative estimate of drug-likeness (QED) is 0.529. The van der Waals surface area contributed by atoms with Gasteiger partial charge in [-0.15, -0.1) is 0 Å². The van der Waals surface area contributed by atoms with E-state index in [1.54, 1.807) is 18.2 Å². The molecule has 0 fully saturated rings. The largest absolute Gasteiger partial charge is 0.504 e. The van der Waals surface area contributed by atoms with E-state index in [2.05, 4.69) is 10.5 Å². The number of fused-ring (bicyclic) bond motifs is 1. The number of rotatable bonds is 6. The Bertz CT molecular complexity index is 948. The van der Waals surface area contributed by atoms with Crippen molar-refractivity contribution in [1.29, 1.82) is 0 Å². The van der Waals surface area contributed by atoms with Gasteiger partial charge in [0.1, 0.15) is 5.75 Å². The number of amides is 1. The molecule has 3 aromatic carbocycles. The van der Waals surface area contributed by atoms with Crippen molar-refractivity contribution in [2.75, 3.05) is 13.7 Å². The highest BCUT2D eigenvalue weighted by atomic mass is 16.5. The van der Waals surface area contributed by atoms with Gasteiger partial charge in [0.25, 0.3) is 5.91 Å². The number of phenols is 1. The molecule has 0 aliphatic rings. The summed E-state index contributed by atoms with van der Waals surface area (Å²) < 4.78 is 10.6. The third-order valence-corrected chi connectivity index (χ3v) is 3.75. The Kier molecular flexibility index (Phi) is 5.34. The smallest absolute Gasteiger partial charge is 0.277 e. The predicted octanol–water partition coefficient (Wildman–Crippen LogP) is 3.08. The molecule has 0 aliphatic carbocycles. The number of phenolic OH excluding ortho intramolecular Hbond substituents is 1. The van der Waals surface area contributed by atoms with Crippen molar-refractivity contribution in [3.63, 3.8) is 0 Å². The third kappa shape index (κ3) is 3.92. The van der Waals surface area contributed by atoms with Crippen molar-refractivity contribution in [3.05, 3.63) is 66.2 Å². The van der Waals surface area contributed by atoms with E-state index in [9.17, 15) is 9.90 Å². The molecule has 132 valence electrons. The van der Waals surface area contributed by atoms with E-state index in [0.29, 0.717) is 17.1 Å². The average Bonchev–Trinajstić information content (AvgIpc) is 2.67. The van der Waals surface area contributed by atoms with E-state index >= 15 is 0 Å². The summed E-state index contributed by atoms with van der Waals surface area (Å²) in [4.78, 5) is 11.9. The van der Waals surface area contributed by atoms with Crippen molar-refractivity contribution >= 4 is 22.9 Å². The van der Waals surface area contributed by atoms with E-state index in [0.717, 1.165) is 10.8 Å². The Morgan fingerprint density at radius 2 is 1.81 bits per heavy atom. The molecular formula is C20H18N2O4. The molecule has 0 atom stereocenters. The number of carbonyl (C=O) groups is 1. The fourth-order valence-corrected chi connectivity index (χ4v) is 2.48. The summed E-state index contributed by atoms with van der Waals surface area (Å²) in [6.45, 7) is -0.171. The first kappa shape index (κ1) is 17.3.